The van der Waals surface area contributed by atoms with Crippen LogP contribution >= 0.6 is 11.8 Å². The number of benzene rings is 1. The van der Waals surface area contributed by atoms with E-state index < -0.39 is 33.0 Å². The second-order valence-electron chi connectivity index (χ2n) is 5.38. The van der Waals surface area contributed by atoms with Crippen LogP contribution in [-0.2, 0) is 24.2 Å². The highest BCUT2D eigenvalue weighted by atomic mass is 32.2. The summed E-state index contributed by atoms with van der Waals surface area (Å²) in [4.78, 5) is 24.0. The maximum absolute atomic E-state index is 12.3. The van der Waals surface area contributed by atoms with E-state index in [1.165, 1.54) is 13.2 Å². The number of aliphatic carboxylic acids is 1. The van der Waals surface area contributed by atoms with Gasteiger partial charge >= 0.3 is 5.97 Å². The predicted molar refractivity (Wildman–Crippen MR) is 95.5 cm³/mol. The van der Waals surface area contributed by atoms with Crippen LogP contribution in [0.3, 0.4) is 0 Å². The van der Waals surface area contributed by atoms with Crippen molar-refractivity contribution in [2.24, 2.45) is 0 Å². The van der Waals surface area contributed by atoms with E-state index in [0.29, 0.717) is 11.3 Å². The number of amides is 1. The first kappa shape index (κ1) is 21.5. The molecule has 25 heavy (non-hydrogen) atoms. The topological polar surface area (TPSA) is 110 Å². The number of methoxy groups -OCH3 is 1. The van der Waals surface area contributed by atoms with E-state index in [9.17, 15) is 18.0 Å². The van der Waals surface area contributed by atoms with Crippen LogP contribution < -0.4 is 5.32 Å². The van der Waals surface area contributed by atoms with Gasteiger partial charge in [-0.3, -0.25) is 4.79 Å². The molecule has 1 aromatic carbocycles. The number of ether oxygens (including phenoxy) is 1. The molecule has 0 aromatic heterocycles. The summed E-state index contributed by atoms with van der Waals surface area (Å²) in [6.45, 7) is 3.22. The van der Waals surface area contributed by atoms with Crippen LogP contribution in [0.15, 0.2) is 34.1 Å². The van der Waals surface area contributed by atoms with Crippen LogP contribution in [0.25, 0.3) is 0 Å². The molecule has 0 aliphatic rings. The van der Waals surface area contributed by atoms with Gasteiger partial charge in [0.1, 0.15) is 0 Å². The molecule has 0 heterocycles. The number of thioether (sulfide) groups is 1. The molecule has 2 atom stereocenters. The quantitative estimate of drug-likeness (QED) is 0.584. The molecule has 1 aromatic rings. The van der Waals surface area contributed by atoms with Gasteiger partial charge in [-0.15, -0.1) is 11.8 Å². The molecule has 0 saturated heterocycles. The number of hydrogen-bond acceptors (Lipinski definition) is 6. The highest BCUT2D eigenvalue weighted by Crippen LogP contribution is 2.30. The molecule has 9 heteroatoms. The number of nitrogens with one attached hydrogen (secondary N) is 1. The fourth-order valence-electron chi connectivity index (χ4n) is 2.06. The van der Waals surface area contributed by atoms with E-state index in [1.54, 1.807) is 32.0 Å². The Balaban J connectivity index is 2.92. The maximum atomic E-state index is 12.3. The third-order valence-electron chi connectivity index (χ3n) is 3.28. The minimum absolute atomic E-state index is 0.0279. The summed E-state index contributed by atoms with van der Waals surface area (Å²) >= 11 is 1.08. The Morgan fingerprint density at radius 3 is 2.52 bits per heavy atom. The van der Waals surface area contributed by atoms with Crippen molar-refractivity contribution >= 4 is 33.5 Å². The van der Waals surface area contributed by atoms with Crippen molar-refractivity contribution in [3.05, 3.63) is 24.3 Å². The molecule has 140 valence electrons. The maximum Gasteiger partial charge on any atom is 0.328 e. The molecule has 1 rings (SSSR count). The third-order valence-corrected chi connectivity index (χ3v) is 6.56. The van der Waals surface area contributed by atoms with Gasteiger partial charge in [-0.2, -0.15) is 0 Å². The van der Waals surface area contributed by atoms with Gasteiger partial charge < -0.3 is 15.2 Å². The second-order valence-corrected chi connectivity index (χ2v) is 8.84. The van der Waals surface area contributed by atoms with Crippen molar-refractivity contribution in [3.8, 4) is 0 Å². The number of carboxylic acid groups (broad SMARTS) is 1. The highest BCUT2D eigenvalue weighted by Gasteiger charge is 2.25. The summed E-state index contributed by atoms with van der Waals surface area (Å²) < 4.78 is 29.5. The zero-order valence-corrected chi connectivity index (χ0v) is 16.0. The lowest BCUT2D eigenvalue weighted by molar-refractivity contribution is -0.143. The molecular formula is C16H23NO6S2. The molecular weight excluding hydrogens is 366 g/mol. The fourth-order valence-corrected chi connectivity index (χ4v) is 4.90. The lowest BCUT2D eigenvalue weighted by Gasteiger charge is -2.18. The van der Waals surface area contributed by atoms with E-state index in [2.05, 4.69) is 5.32 Å². The largest absolute Gasteiger partial charge is 0.480 e. The number of carboxylic acids is 1. The Morgan fingerprint density at radius 2 is 1.96 bits per heavy atom. The average Bonchev–Trinajstić information content (AvgIpc) is 2.54. The highest BCUT2D eigenvalue weighted by molar-refractivity contribution is 8.01. The van der Waals surface area contributed by atoms with E-state index >= 15 is 0 Å². The van der Waals surface area contributed by atoms with Crippen LogP contribution in [0.5, 0.6) is 0 Å². The van der Waals surface area contributed by atoms with Gasteiger partial charge in [0, 0.05) is 12.0 Å². The summed E-state index contributed by atoms with van der Waals surface area (Å²) in [5.74, 6) is -1.67. The minimum Gasteiger partial charge on any atom is -0.480 e. The molecule has 0 bridgehead atoms. The van der Waals surface area contributed by atoms with Gasteiger partial charge in [-0.1, -0.05) is 19.1 Å². The molecule has 0 aliphatic carbocycles. The minimum atomic E-state index is -3.42. The number of hydrogen-bond donors (Lipinski definition) is 2. The molecule has 1 amide bonds. The summed E-state index contributed by atoms with van der Waals surface area (Å²) in [7, 11) is -2.08. The van der Waals surface area contributed by atoms with Crippen molar-refractivity contribution in [1.82, 2.24) is 5.32 Å². The number of carbonyl (C=O) groups is 2. The molecule has 0 spiro atoms. The predicted octanol–water partition coefficient (Wildman–Crippen LogP) is 1.57. The normalized spacial score (nSPS) is 13.9. The third kappa shape index (κ3) is 6.33. The van der Waals surface area contributed by atoms with E-state index in [0.717, 1.165) is 11.8 Å². The Morgan fingerprint density at radius 1 is 1.32 bits per heavy atom. The molecule has 0 radical (unpaired) electrons. The SMILES string of the molecule is CCCS(=O)(=O)c1ccccc1SC(C)C(=O)NC(COC)C(=O)O. The zero-order valence-electron chi connectivity index (χ0n) is 14.4. The molecule has 0 aliphatic heterocycles. The lowest BCUT2D eigenvalue weighted by Crippen LogP contribution is -2.46. The van der Waals surface area contributed by atoms with Crippen LogP contribution in [0.2, 0.25) is 0 Å². The molecule has 2 N–H and O–H groups in total. The van der Waals surface area contributed by atoms with E-state index in [4.69, 9.17) is 9.84 Å². The van der Waals surface area contributed by atoms with Gasteiger partial charge in [0.25, 0.3) is 0 Å². The van der Waals surface area contributed by atoms with Gasteiger partial charge in [0.05, 0.1) is 22.5 Å². The first-order valence-corrected chi connectivity index (χ1v) is 10.3. The monoisotopic (exact) mass is 389 g/mol. The lowest BCUT2D eigenvalue weighted by atomic mass is 10.3. The van der Waals surface area contributed by atoms with Gasteiger partial charge in [0.15, 0.2) is 15.9 Å². The zero-order chi connectivity index (χ0) is 19.0. The van der Waals surface area contributed by atoms with E-state index in [-0.39, 0.29) is 17.3 Å². The summed E-state index contributed by atoms with van der Waals surface area (Å²) in [5.41, 5.74) is 0. The first-order chi connectivity index (χ1) is 11.7. The molecule has 7 nitrogen and oxygen atoms in total. The summed E-state index contributed by atoms with van der Waals surface area (Å²) in [6, 6.07) is 5.34. The van der Waals surface area contributed by atoms with Crippen molar-refractivity contribution in [3.63, 3.8) is 0 Å². The second kappa shape index (κ2) is 9.79. The Hall–Kier alpha value is -1.58. The Labute approximate surface area is 152 Å². The van der Waals surface area contributed by atoms with Crippen LogP contribution in [0.4, 0.5) is 0 Å². The fraction of sp³-hybridized carbons (Fsp3) is 0.500. The first-order valence-electron chi connectivity index (χ1n) is 7.73. The van der Waals surface area contributed by atoms with Crippen molar-refractivity contribution in [1.29, 1.82) is 0 Å². The van der Waals surface area contributed by atoms with Gasteiger partial charge in [0.2, 0.25) is 5.91 Å². The molecule has 0 fully saturated rings. The van der Waals surface area contributed by atoms with Gasteiger partial charge in [-0.05, 0) is 25.5 Å². The van der Waals surface area contributed by atoms with Crippen molar-refractivity contribution < 1.29 is 27.9 Å². The number of carbonyl (C=O) groups excluding carboxylic acids is 1. The van der Waals surface area contributed by atoms with E-state index in [1.807, 2.05) is 0 Å². The molecule has 0 saturated carbocycles. The van der Waals surface area contributed by atoms with Crippen molar-refractivity contribution in [2.75, 3.05) is 19.5 Å². The van der Waals surface area contributed by atoms with Crippen LogP contribution in [0.1, 0.15) is 20.3 Å². The number of rotatable bonds is 10. The molecule has 2 unspecified atom stereocenters. The summed E-state index contributed by atoms with van der Waals surface area (Å²) in [5, 5.41) is 10.8. The summed E-state index contributed by atoms with van der Waals surface area (Å²) in [6.07, 6.45) is 0.495. The standard InChI is InChI=1S/C16H23NO6S2/c1-4-9-25(21,22)14-8-6-5-7-13(14)24-11(2)15(18)17-12(10-23-3)16(19)20/h5-8,11-12H,4,9-10H2,1-3H3,(H,17,18)(H,19,20). The van der Waals surface area contributed by atoms with Crippen LogP contribution in [-0.4, -0.2) is 56.2 Å². The average molecular weight is 389 g/mol. The van der Waals surface area contributed by atoms with Gasteiger partial charge in [-0.25, -0.2) is 13.2 Å². The van der Waals surface area contributed by atoms with Crippen LogP contribution in [0, 0.1) is 0 Å². The Kier molecular flexibility index (Phi) is 8.40. The number of sulfone groups is 1. The Bertz CT molecular complexity index is 704. The smallest absolute Gasteiger partial charge is 0.328 e. The van der Waals surface area contributed by atoms with Crippen molar-refractivity contribution in [2.45, 2.75) is 41.4 Å².